The highest BCUT2D eigenvalue weighted by molar-refractivity contribution is 9.10. The lowest BCUT2D eigenvalue weighted by atomic mass is 9.97. The first-order valence-corrected chi connectivity index (χ1v) is 37.5. The van der Waals surface area contributed by atoms with Crippen molar-refractivity contribution < 1.29 is 77.0 Å². The number of aliphatic hydroxyl groups is 1. The Labute approximate surface area is 639 Å². The molecule has 0 bridgehead atoms. The van der Waals surface area contributed by atoms with E-state index in [9.17, 15) is 72.2 Å². The van der Waals surface area contributed by atoms with E-state index in [4.69, 9.17) is 27.7 Å². The van der Waals surface area contributed by atoms with E-state index < -0.39 is 181 Å². The molecule has 13 amide bonds. The van der Waals surface area contributed by atoms with Gasteiger partial charge in [-0.3, -0.25) is 62.3 Å². The number of cyclic esters (lactones) is 1. The maximum atomic E-state index is 15.0. The minimum atomic E-state index is -1.78. The Bertz CT molecular complexity index is 3970. The number of aliphatic hydroxyl groups excluding tert-OH is 1. The number of rotatable bonds is 41. The number of para-hydroxylation sites is 2. The van der Waals surface area contributed by atoms with Crippen LogP contribution in [-0.2, 0) is 91.1 Å². The van der Waals surface area contributed by atoms with Gasteiger partial charge in [0.05, 0.1) is 26.1 Å². The molecular weight excluding hydrogens is 1480 g/mol. The minimum absolute atomic E-state index is 0.0324. The summed E-state index contributed by atoms with van der Waals surface area (Å²) in [7, 11) is 0. The number of carbonyl (C=O) groups excluding carboxylic acids is 14. The van der Waals surface area contributed by atoms with Crippen LogP contribution in [0.4, 0.5) is 0 Å². The van der Waals surface area contributed by atoms with Crippen LogP contribution in [0.1, 0.15) is 122 Å². The molecule has 1 saturated heterocycles. The predicted octanol–water partition coefficient (Wildman–Crippen LogP) is -1.58. The van der Waals surface area contributed by atoms with Crippen molar-refractivity contribution in [3.63, 3.8) is 0 Å². The number of ether oxygens (including phenoxy) is 1. The number of nitrogens with two attached hydrogens (primary N) is 4. The van der Waals surface area contributed by atoms with Crippen molar-refractivity contribution in [2.75, 3.05) is 39.3 Å². The molecule has 109 heavy (non-hydrogen) atoms. The largest absolute Gasteiger partial charge is 0.458 e. The SMILES string of the molecule is CCC(C)CCC(=O)N[C@H](CC(N)=O)C(=O)N[C@@H](Cc1ccc(Br)cc1)C(=O)N[C@H](Cc1c[nH]c2ccccc12)C(=O)N[C@H](CCCN)C(=O)N[C@@H](CCCN)C(=O)NCC(=O)N[C@H](CCCN)C(=O)N[C@@H](Cc1c[nH]c2ccccc12)C(=O)N[C@@H]1C(=O)N[C@@H]([C@@H](C)CC)C(=O)NCC(=O)N[C@@H](CO)C(=O)O[C@@H]1C. The molecule has 0 spiro atoms. The topological polar surface area (TPSA) is 548 Å². The number of aromatic nitrogens is 2. The van der Waals surface area contributed by atoms with Gasteiger partial charge in [0, 0.05) is 64.4 Å². The Hall–Kier alpha value is -10.4. The second-order valence-electron chi connectivity index (χ2n) is 27.3. The van der Waals surface area contributed by atoms with E-state index in [1.54, 1.807) is 99.0 Å². The Morgan fingerprint density at radius 3 is 1.56 bits per heavy atom. The van der Waals surface area contributed by atoms with E-state index in [-0.39, 0.29) is 89.8 Å². The number of primary amides is 1. The summed E-state index contributed by atoms with van der Waals surface area (Å²) in [5.41, 5.74) is 26.4. The number of hydrogen-bond donors (Lipinski definition) is 19. The van der Waals surface area contributed by atoms with Crippen LogP contribution in [0.2, 0.25) is 0 Å². The lowest BCUT2D eigenvalue weighted by molar-refractivity contribution is -0.157. The Kier molecular flexibility index (Phi) is 35.5. The fourth-order valence-corrected chi connectivity index (χ4v) is 12.3. The van der Waals surface area contributed by atoms with Crippen LogP contribution in [0.3, 0.4) is 0 Å². The normalized spacial score (nSPS) is 18.0. The number of aromatic amines is 2. The second-order valence-corrected chi connectivity index (χ2v) is 28.2. The second kappa shape index (κ2) is 44.2. The third-order valence-electron chi connectivity index (χ3n) is 18.9. The van der Waals surface area contributed by atoms with Gasteiger partial charge in [0.25, 0.3) is 0 Å². The van der Waals surface area contributed by atoms with Gasteiger partial charge in [0.15, 0.2) is 6.04 Å². The molecule has 0 saturated carbocycles. The molecule has 23 N–H and O–H groups in total. The van der Waals surface area contributed by atoms with Gasteiger partial charge in [-0.1, -0.05) is 105 Å². The monoisotopic (exact) mass is 1580 g/mol. The van der Waals surface area contributed by atoms with Crippen LogP contribution >= 0.6 is 15.9 Å². The standard InChI is InChI=1S/C74H105BrN18O16/c1-6-40(3)22-27-60(96)85-57(34-59(79)95)70(104)89-54(31-43-23-25-46(75)26-24-43)68(102)91-55(32-44-35-80-49-17-10-8-15-47(44)49)69(103)88-53(21-14-30-78)67(101)87-51(19-12-28-76)65(99)82-37-61(97)84-52(20-13-29-77)66(100)90-56(33-45-36-81-50-18-11-9-16-48(45)50)71(105)93-64-42(5)109-74(108)58(39-94)86-62(98)38-83-72(106)63(41(4)7-2)92-73(64)107/h8-11,15-18,23-26,35-36,40-42,51-58,63-64,80-81,94H,6-7,12-14,19-22,27-34,37-39,76-78H2,1-5H3,(H2,79,95)(H,82,99)(H,83,106)(H,84,97)(H,85,96)(H,86,98)(H,87,101)(H,88,103)(H,89,104)(H,90,100)(H,91,102)(H,92,107)(H,93,105)/t40?,41-,42+,51-,52+,53+,54-,55+,56-,57+,58-,63-,64-/m0/s1. The number of hydrogen-bond acceptors (Lipinski definition) is 19. The average Bonchev–Trinajstić information content (AvgIpc) is 1.72. The molecule has 3 heterocycles. The molecule has 594 valence electrons. The first kappa shape index (κ1) is 87.5. The molecule has 1 fully saturated rings. The number of H-pyrrole nitrogens is 2. The van der Waals surface area contributed by atoms with Crippen molar-refractivity contribution in [2.24, 2.45) is 34.8 Å². The zero-order chi connectivity index (χ0) is 79.9. The number of esters is 1. The van der Waals surface area contributed by atoms with Gasteiger partial charge in [-0.2, -0.15) is 0 Å². The minimum Gasteiger partial charge on any atom is -0.458 e. The zero-order valence-corrected chi connectivity index (χ0v) is 63.6. The summed E-state index contributed by atoms with van der Waals surface area (Å²) in [4.78, 5) is 202. The highest BCUT2D eigenvalue weighted by Crippen LogP contribution is 2.23. The van der Waals surface area contributed by atoms with Gasteiger partial charge in [0.1, 0.15) is 60.5 Å². The zero-order valence-electron chi connectivity index (χ0n) is 62.0. The molecule has 0 aliphatic carbocycles. The number of benzene rings is 3. The van der Waals surface area contributed by atoms with Gasteiger partial charge in [0.2, 0.25) is 76.8 Å². The van der Waals surface area contributed by atoms with Crippen LogP contribution < -0.4 is 86.7 Å². The van der Waals surface area contributed by atoms with Crippen LogP contribution in [-0.4, -0.2) is 204 Å². The number of fused-ring (bicyclic) bond motifs is 2. The molecule has 6 rings (SSSR count). The van der Waals surface area contributed by atoms with E-state index in [0.29, 0.717) is 55.8 Å². The fourth-order valence-electron chi connectivity index (χ4n) is 12.1. The van der Waals surface area contributed by atoms with E-state index in [1.807, 2.05) is 13.8 Å². The van der Waals surface area contributed by atoms with Crippen LogP contribution in [0.15, 0.2) is 89.7 Å². The molecule has 13 atom stereocenters. The summed E-state index contributed by atoms with van der Waals surface area (Å²) in [5, 5.41) is 42.6. The van der Waals surface area contributed by atoms with E-state index in [0.717, 1.165) is 6.42 Å². The summed E-state index contributed by atoms with van der Waals surface area (Å²) in [6.45, 7) is 6.39. The molecule has 2 aromatic heterocycles. The van der Waals surface area contributed by atoms with Gasteiger partial charge < -0.3 is 107 Å². The van der Waals surface area contributed by atoms with Gasteiger partial charge in [-0.25, -0.2) is 4.79 Å². The molecular formula is C74H105BrN18O16. The van der Waals surface area contributed by atoms with Crippen molar-refractivity contribution in [1.29, 1.82) is 0 Å². The third kappa shape index (κ3) is 27.4. The highest BCUT2D eigenvalue weighted by atomic mass is 79.9. The predicted molar refractivity (Wildman–Crippen MR) is 407 cm³/mol. The third-order valence-corrected chi connectivity index (χ3v) is 19.4. The number of nitrogens with one attached hydrogen (secondary N) is 14. The van der Waals surface area contributed by atoms with Crippen molar-refractivity contribution in [3.8, 4) is 0 Å². The molecule has 1 aliphatic heterocycles. The molecule has 5 aromatic rings. The highest BCUT2D eigenvalue weighted by Gasteiger charge is 2.40. The summed E-state index contributed by atoms with van der Waals surface area (Å²) in [6.07, 6.45) is 2.44. The molecule has 1 unspecified atom stereocenters. The molecule has 3 aromatic carbocycles. The Morgan fingerprint density at radius 1 is 0.569 bits per heavy atom. The lowest BCUT2D eigenvalue weighted by Gasteiger charge is -2.30. The first-order valence-electron chi connectivity index (χ1n) is 36.7. The molecule has 0 radical (unpaired) electrons. The van der Waals surface area contributed by atoms with Crippen LogP contribution in [0.25, 0.3) is 21.8 Å². The van der Waals surface area contributed by atoms with E-state index in [2.05, 4.69) is 89.7 Å². The summed E-state index contributed by atoms with van der Waals surface area (Å²) in [6, 6.07) is 6.13. The Morgan fingerprint density at radius 2 is 1.05 bits per heavy atom. The summed E-state index contributed by atoms with van der Waals surface area (Å²) in [5.74, 6) is -12.8. The fraction of sp³-hybridized carbons (Fsp3) is 0.514. The summed E-state index contributed by atoms with van der Waals surface area (Å²) >= 11 is 3.41. The molecule has 1 aliphatic rings. The number of halogens is 1. The smallest absolute Gasteiger partial charge is 0.331 e. The van der Waals surface area contributed by atoms with E-state index in [1.165, 1.54) is 6.92 Å². The van der Waals surface area contributed by atoms with Crippen molar-refractivity contribution >= 4 is 120 Å². The van der Waals surface area contributed by atoms with Crippen molar-refractivity contribution in [1.82, 2.24) is 73.8 Å². The average molecular weight is 1580 g/mol. The number of amides is 13. The first-order chi connectivity index (χ1) is 52.1. The Balaban J connectivity index is 1.22. The van der Waals surface area contributed by atoms with Gasteiger partial charge in [-0.05, 0) is 124 Å². The van der Waals surface area contributed by atoms with Crippen LogP contribution in [0, 0.1) is 11.8 Å². The maximum Gasteiger partial charge on any atom is 0.331 e. The van der Waals surface area contributed by atoms with Crippen molar-refractivity contribution in [2.45, 2.75) is 191 Å². The van der Waals surface area contributed by atoms with E-state index >= 15 is 0 Å². The maximum absolute atomic E-state index is 15.0. The lowest BCUT2D eigenvalue weighted by Crippen LogP contribution is -2.62. The van der Waals surface area contributed by atoms with Gasteiger partial charge >= 0.3 is 5.97 Å². The van der Waals surface area contributed by atoms with Gasteiger partial charge in [-0.15, -0.1) is 0 Å². The molecule has 35 heteroatoms. The van der Waals surface area contributed by atoms with Crippen LogP contribution in [0.5, 0.6) is 0 Å². The molecule has 34 nitrogen and oxygen atoms in total. The van der Waals surface area contributed by atoms with Crippen molar-refractivity contribution in [3.05, 3.63) is 106 Å². The quantitative estimate of drug-likeness (QED) is 0.0196. The summed E-state index contributed by atoms with van der Waals surface area (Å²) < 4.78 is 6.28. The number of carbonyl (C=O) groups is 14.